The van der Waals surface area contributed by atoms with E-state index >= 15 is 0 Å². The molecule has 1 fully saturated rings. The fraction of sp³-hybridized carbons (Fsp3) is 0.622. The number of aliphatic hydroxyl groups excluding tert-OH is 1. The van der Waals surface area contributed by atoms with E-state index in [1.54, 1.807) is 17.3 Å². The molecule has 0 saturated carbocycles. The second-order valence-corrected chi connectivity index (χ2v) is 15.1. The van der Waals surface area contributed by atoms with Crippen LogP contribution in [0.1, 0.15) is 93.9 Å². The number of rotatable bonds is 18. The van der Waals surface area contributed by atoms with Crippen molar-refractivity contribution < 1.29 is 38.9 Å². The van der Waals surface area contributed by atoms with E-state index in [4.69, 9.17) is 4.74 Å². The van der Waals surface area contributed by atoms with Crippen molar-refractivity contribution in [3.05, 3.63) is 52.0 Å². The van der Waals surface area contributed by atoms with Crippen molar-refractivity contribution in [3.63, 3.8) is 0 Å². The zero-order chi connectivity index (χ0) is 37.8. The van der Waals surface area contributed by atoms with Crippen molar-refractivity contribution >= 4 is 41.0 Å². The van der Waals surface area contributed by atoms with E-state index in [9.17, 15) is 34.2 Å². The van der Waals surface area contributed by atoms with E-state index < -0.39 is 54.6 Å². The first-order valence-electron chi connectivity index (χ1n) is 17.7. The maximum absolute atomic E-state index is 14.0. The lowest BCUT2D eigenvalue weighted by atomic mass is 9.94. The van der Waals surface area contributed by atoms with Crippen LogP contribution in [0.3, 0.4) is 0 Å². The average Bonchev–Trinajstić information content (AvgIpc) is 3.58. The van der Waals surface area contributed by atoms with Gasteiger partial charge < -0.3 is 30.5 Å². The van der Waals surface area contributed by atoms with Crippen molar-refractivity contribution in [3.8, 4) is 0 Å². The van der Waals surface area contributed by atoms with Gasteiger partial charge in [0.25, 0.3) is 5.91 Å². The lowest BCUT2D eigenvalue weighted by Gasteiger charge is -2.37. The Balaban J connectivity index is 1.80. The van der Waals surface area contributed by atoms with Crippen LogP contribution in [0.4, 0.5) is 0 Å². The highest BCUT2D eigenvalue weighted by molar-refractivity contribution is 7.09. The van der Waals surface area contributed by atoms with E-state index in [0.717, 1.165) is 42.7 Å². The number of carboxylic acid groups (broad SMARTS) is 1. The number of aliphatic carboxylic acids is 1. The Morgan fingerprint density at radius 3 is 2.29 bits per heavy atom. The highest BCUT2D eigenvalue weighted by Crippen LogP contribution is 2.31. The minimum Gasteiger partial charge on any atom is -0.481 e. The van der Waals surface area contributed by atoms with Crippen LogP contribution >= 0.6 is 11.3 Å². The van der Waals surface area contributed by atoms with Gasteiger partial charge in [0, 0.05) is 37.9 Å². The predicted octanol–water partition coefficient (Wildman–Crippen LogP) is 3.67. The van der Waals surface area contributed by atoms with E-state index in [0.29, 0.717) is 11.4 Å². The normalized spacial score (nSPS) is 18.0. The Labute approximate surface area is 305 Å². The summed E-state index contributed by atoms with van der Waals surface area (Å²) in [6.45, 7) is 9.25. The van der Waals surface area contributed by atoms with Crippen LogP contribution in [-0.2, 0) is 30.3 Å². The Hall–Kier alpha value is -3.88. The standard InChI is InChI=1S/C37H55N5O8S/c1-22(2)30(42(7)36(47)32(23(3)4)40-34(46)29-15-11-12-16-41(29)6)19-31(50-24(5)44)35-39-28(21-51-35)33(45)38-27(18-26(20-43)37(48)49)17-25-13-9-8-10-14-25/h8-10,13-14,21-23,26-27,29-32,43H,11-12,15-20H2,1-7H3,(H,38,45)(H,40,46)(H,48,49)/t26-,27-,29+,30+,31+,32-/m0/s1. The highest BCUT2D eigenvalue weighted by Gasteiger charge is 2.37. The van der Waals surface area contributed by atoms with Gasteiger partial charge in [0.15, 0.2) is 6.10 Å². The molecule has 1 aliphatic heterocycles. The smallest absolute Gasteiger partial charge is 0.308 e. The maximum atomic E-state index is 14.0. The summed E-state index contributed by atoms with van der Waals surface area (Å²) in [5, 5.41) is 27.0. The van der Waals surface area contributed by atoms with Crippen LogP contribution in [0, 0.1) is 17.8 Å². The number of piperidine rings is 1. The molecule has 14 heteroatoms. The van der Waals surface area contributed by atoms with Crippen molar-refractivity contribution in [1.82, 2.24) is 25.4 Å². The third-order valence-electron chi connectivity index (χ3n) is 9.51. The topological polar surface area (TPSA) is 178 Å². The molecule has 0 bridgehead atoms. The second-order valence-electron chi connectivity index (χ2n) is 14.2. The zero-order valence-electron chi connectivity index (χ0n) is 30.8. The molecule has 3 amide bonds. The molecule has 282 valence electrons. The molecule has 1 aromatic heterocycles. The van der Waals surface area contributed by atoms with Crippen molar-refractivity contribution in [2.24, 2.45) is 17.8 Å². The number of amides is 3. The summed E-state index contributed by atoms with van der Waals surface area (Å²) in [5.41, 5.74) is 0.958. The van der Waals surface area contributed by atoms with Crippen molar-refractivity contribution in [2.45, 2.75) is 103 Å². The number of carbonyl (C=O) groups is 5. The fourth-order valence-electron chi connectivity index (χ4n) is 6.54. The van der Waals surface area contributed by atoms with Gasteiger partial charge in [-0.25, -0.2) is 4.98 Å². The van der Waals surface area contributed by atoms with Crippen LogP contribution in [0.5, 0.6) is 0 Å². The van der Waals surface area contributed by atoms with Crippen LogP contribution in [0.2, 0.25) is 0 Å². The summed E-state index contributed by atoms with van der Waals surface area (Å²) in [6.07, 6.45) is 2.41. The summed E-state index contributed by atoms with van der Waals surface area (Å²) in [6, 6.07) is 7.23. The number of nitrogens with one attached hydrogen (secondary N) is 2. The zero-order valence-corrected chi connectivity index (χ0v) is 31.7. The fourth-order valence-corrected chi connectivity index (χ4v) is 7.38. The molecule has 0 spiro atoms. The third kappa shape index (κ3) is 12.1. The molecule has 1 saturated heterocycles. The Morgan fingerprint density at radius 2 is 1.73 bits per heavy atom. The number of likely N-dealkylation sites (tertiary alicyclic amines) is 1. The number of ether oxygens (including phenoxy) is 1. The molecule has 2 heterocycles. The number of aromatic nitrogens is 1. The largest absolute Gasteiger partial charge is 0.481 e. The number of hydrogen-bond donors (Lipinski definition) is 4. The lowest BCUT2D eigenvalue weighted by molar-refractivity contribution is -0.149. The molecule has 51 heavy (non-hydrogen) atoms. The van der Waals surface area contributed by atoms with Crippen LogP contribution in [0.15, 0.2) is 35.7 Å². The van der Waals surface area contributed by atoms with Gasteiger partial charge in [-0.15, -0.1) is 11.3 Å². The van der Waals surface area contributed by atoms with Gasteiger partial charge in [-0.1, -0.05) is 64.4 Å². The molecule has 0 radical (unpaired) electrons. The molecule has 0 unspecified atom stereocenters. The van der Waals surface area contributed by atoms with Gasteiger partial charge in [0.2, 0.25) is 11.8 Å². The molecular weight excluding hydrogens is 675 g/mol. The first-order chi connectivity index (χ1) is 24.1. The highest BCUT2D eigenvalue weighted by atomic mass is 32.1. The molecule has 13 nitrogen and oxygen atoms in total. The summed E-state index contributed by atoms with van der Waals surface area (Å²) < 4.78 is 5.73. The summed E-state index contributed by atoms with van der Waals surface area (Å²) >= 11 is 1.14. The number of carbonyl (C=O) groups excluding carboxylic acids is 4. The summed E-state index contributed by atoms with van der Waals surface area (Å²) in [5.74, 6) is -3.96. The van der Waals surface area contributed by atoms with Crippen molar-refractivity contribution in [1.29, 1.82) is 0 Å². The Bertz CT molecular complexity index is 1470. The molecule has 2 aromatic rings. The van der Waals surface area contributed by atoms with Crippen LogP contribution < -0.4 is 10.6 Å². The van der Waals surface area contributed by atoms with E-state index in [1.165, 1.54) is 6.92 Å². The SMILES string of the molecule is CC(=O)O[C@H](C[C@H](C(C)C)N(C)C(=O)[C@@H](NC(=O)[C@H]1CCCCN1C)C(C)C)c1nc(C(=O)N[C@@H](Cc2ccccc2)C[C@@H](CO)C(=O)O)cs1. The molecule has 1 aromatic carbocycles. The maximum Gasteiger partial charge on any atom is 0.308 e. The van der Waals surface area contributed by atoms with Gasteiger partial charge in [0.1, 0.15) is 16.7 Å². The number of thiazole rings is 1. The van der Waals surface area contributed by atoms with Gasteiger partial charge in [0.05, 0.1) is 18.6 Å². The number of nitrogens with zero attached hydrogens (tertiary/aromatic N) is 3. The number of carboxylic acids is 1. The number of benzene rings is 1. The third-order valence-corrected chi connectivity index (χ3v) is 10.4. The van der Waals surface area contributed by atoms with E-state index in [-0.39, 0.29) is 48.2 Å². The minimum atomic E-state index is -1.16. The molecule has 4 N–H and O–H groups in total. The van der Waals surface area contributed by atoms with Gasteiger partial charge >= 0.3 is 11.9 Å². The van der Waals surface area contributed by atoms with Gasteiger partial charge in [-0.05, 0) is 56.7 Å². The second kappa shape index (κ2) is 19.7. The monoisotopic (exact) mass is 729 g/mol. The Kier molecular flexibility index (Phi) is 16.0. The van der Waals surface area contributed by atoms with Crippen LogP contribution in [-0.4, -0.2) is 106 Å². The molecule has 0 aliphatic carbocycles. The van der Waals surface area contributed by atoms with Crippen LogP contribution in [0.25, 0.3) is 0 Å². The summed E-state index contributed by atoms with van der Waals surface area (Å²) in [4.78, 5) is 72.9. The van der Waals surface area contributed by atoms with E-state index in [1.807, 2.05) is 70.0 Å². The number of hydrogen-bond acceptors (Lipinski definition) is 10. The number of likely N-dealkylation sites (N-methyl/N-ethyl adjacent to an activating group) is 2. The Morgan fingerprint density at radius 1 is 1.04 bits per heavy atom. The lowest BCUT2D eigenvalue weighted by Crippen LogP contribution is -2.57. The van der Waals surface area contributed by atoms with Gasteiger partial charge in [-0.3, -0.25) is 28.9 Å². The van der Waals surface area contributed by atoms with Gasteiger partial charge in [-0.2, -0.15) is 0 Å². The van der Waals surface area contributed by atoms with Crippen molar-refractivity contribution in [2.75, 3.05) is 27.2 Å². The average molecular weight is 730 g/mol. The minimum absolute atomic E-state index is 0.00511. The quantitative estimate of drug-likeness (QED) is 0.166. The number of aliphatic hydroxyl groups is 1. The molecular formula is C37H55N5O8S. The number of esters is 1. The molecule has 6 atom stereocenters. The first-order valence-corrected chi connectivity index (χ1v) is 18.6. The predicted molar refractivity (Wildman–Crippen MR) is 194 cm³/mol. The molecule has 3 rings (SSSR count). The molecule has 1 aliphatic rings. The first kappa shape index (κ1) is 41.5. The summed E-state index contributed by atoms with van der Waals surface area (Å²) in [7, 11) is 3.62. The van der Waals surface area contributed by atoms with E-state index in [2.05, 4.69) is 15.6 Å².